The van der Waals surface area contributed by atoms with Crippen molar-refractivity contribution in [3.8, 4) is 0 Å². The average Bonchev–Trinajstić information content (AvgIpc) is 2.84. The van der Waals surface area contributed by atoms with E-state index in [0.717, 1.165) is 42.6 Å². The highest BCUT2D eigenvalue weighted by molar-refractivity contribution is 5.17. The van der Waals surface area contributed by atoms with Crippen molar-refractivity contribution in [1.82, 2.24) is 15.5 Å². The Bertz CT molecular complexity index is 513. The Hall–Kier alpha value is -0.900. The summed E-state index contributed by atoms with van der Waals surface area (Å²) in [6, 6.07) is 0. The molecule has 4 nitrogen and oxygen atoms in total. The normalized spacial score (nSPS) is 43.0. The van der Waals surface area contributed by atoms with Gasteiger partial charge in [0, 0.05) is 11.3 Å². The van der Waals surface area contributed by atoms with E-state index in [9.17, 15) is 0 Å². The summed E-state index contributed by atoms with van der Waals surface area (Å²) in [6.45, 7) is 4.43. The van der Waals surface area contributed by atoms with Crippen LogP contribution in [0.4, 0.5) is 0 Å². The van der Waals surface area contributed by atoms with E-state index in [2.05, 4.69) is 17.4 Å². The molecule has 5 fully saturated rings. The predicted octanol–water partition coefficient (Wildman–Crippen LogP) is 2.86. The lowest BCUT2D eigenvalue weighted by molar-refractivity contribution is -0.0103. The molecule has 1 aliphatic heterocycles. The number of hydrogen-bond donors (Lipinski definition) is 1. The van der Waals surface area contributed by atoms with Gasteiger partial charge in [-0.05, 0) is 75.3 Å². The second kappa shape index (κ2) is 4.31. The van der Waals surface area contributed by atoms with Crippen molar-refractivity contribution in [2.75, 3.05) is 13.1 Å². The van der Waals surface area contributed by atoms with Gasteiger partial charge in [0.15, 0.2) is 5.82 Å². The van der Waals surface area contributed by atoms with Crippen molar-refractivity contribution >= 4 is 0 Å². The maximum absolute atomic E-state index is 5.68. The molecule has 2 heterocycles. The molecule has 5 aliphatic rings. The molecule has 0 radical (unpaired) electrons. The fraction of sp³-hybridized carbons (Fsp3) is 0.882. The molecule has 0 spiro atoms. The molecular formula is C17H25N3O. The number of rotatable bonds is 3. The van der Waals surface area contributed by atoms with Gasteiger partial charge in [-0.2, -0.15) is 4.98 Å². The zero-order valence-corrected chi connectivity index (χ0v) is 12.8. The third-order valence-corrected chi connectivity index (χ3v) is 6.86. The Balaban J connectivity index is 1.43. The second-order valence-electron chi connectivity index (χ2n) is 8.36. The largest absolute Gasteiger partial charge is 0.339 e. The lowest BCUT2D eigenvalue weighted by Crippen LogP contribution is -2.49. The molecule has 6 rings (SSSR count). The van der Waals surface area contributed by atoms with Crippen LogP contribution in [-0.2, 0) is 5.41 Å². The van der Waals surface area contributed by atoms with Gasteiger partial charge >= 0.3 is 0 Å². The van der Waals surface area contributed by atoms with Crippen LogP contribution in [0.5, 0.6) is 0 Å². The quantitative estimate of drug-likeness (QED) is 0.928. The molecule has 1 saturated heterocycles. The molecule has 0 aromatic carbocycles. The van der Waals surface area contributed by atoms with E-state index < -0.39 is 0 Å². The average molecular weight is 287 g/mol. The van der Waals surface area contributed by atoms with E-state index in [1.54, 1.807) is 0 Å². The van der Waals surface area contributed by atoms with Crippen LogP contribution in [0.15, 0.2) is 4.52 Å². The van der Waals surface area contributed by atoms with E-state index in [1.807, 2.05) is 0 Å². The van der Waals surface area contributed by atoms with Crippen LogP contribution in [0.3, 0.4) is 0 Å². The summed E-state index contributed by atoms with van der Waals surface area (Å²) in [5.74, 6) is 5.82. The third kappa shape index (κ3) is 1.84. The number of aromatic nitrogens is 2. The highest BCUT2D eigenvalue weighted by atomic mass is 16.5. The summed E-state index contributed by atoms with van der Waals surface area (Å²) in [5.41, 5.74) is 0.272. The molecule has 1 atom stereocenters. The van der Waals surface area contributed by atoms with Crippen LogP contribution >= 0.6 is 0 Å². The number of hydrogen-bond acceptors (Lipinski definition) is 4. The van der Waals surface area contributed by atoms with E-state index in [0.29, 0.717) is 11.8 Å². The summed E-state index contributed by atoms with van der Waals surface area (Å²) < 4.78 is 5.68. The second-order valence-corrected chi connectivity index (χ2v) is 8.36. The van der Waals surface area contributed by atoms with E-state index in [1.165, 1.54) is 38.5 Å². The molecule has 1 aromatic rings. The summed E-state index contributed by atoms with van der Waals surface area (Å²) >= 11 is 0. The highest BCUT2D eigenvalue weighted by Gasteiger charge is 2.54. The van der Waals surface area contributed by atoms with Gasteiger partial charge in [-0.1, -0.05) is 12.1 Å². The minimum atomic E-state index is 0.272. The van der Waals surface area contributed by atoms with Crippen molar-refractivity contribution in [1.29, 1.82) is 0 Å². The van der Waals surface area contributed by atoms with Gasteiger partial charge in [0.1, 0.15) is 0 Å². The Kier molecular flexibility index (Phi) is 2.59. The first kappa shape index (κ1) is 12.6. The first-order chi connectivity index (χ1) is 10.2. The SMILES string of the molecule is CC(c1nc(C23CC4CC(CC(C4)C2)C3)no1)C1CNC1. The molecule has 4 heteroatoms. The molecule has 1 N–H and O–H groups in total. The van der Waals surface area contributed by atoms with Crippen LogP contribution in [0.25, 0.3) is 0 Å². The summed E-state index contributed by atoms with van der Waals surface area (Å²) in [7, 11) is 0. The maximum Gasteiger partial charge on any atom is 0.229 e. The van der Waals surface area contributed by atoms with Crippen molar-refractivity contribution in [3.05, 3.63) is 11.7 Å². The van der Waals surface area contributed by atoms with Crippen LogP contribution in [-0.4, -0.2) is 23.2 Å². The zero-order valence-electron chi connectivity index (χ0n) is 12.8. The standard InChI is InChI=1S/C17H25N3O/c1-10(14-8-18-9-14)15-19-16(20-21-15)17-5-11-2-12(6-17)4-13(3-11)7-17/h10-14,18H,2-9H2,1H3. The monoisotopic (exact) mass is 287 g/mol. The van der Waals surface area contributed by atoms with Gasteiger partial charge in [-0.3, -0.25) is 0 Å². The van der Waals surface area contributed by atoms with E-state index >= 15 is 0 Å². The lowest BCUT2D eigenvalue weighted by Gasteiger charge is -2.55. The minimum Gasteiger partial charge on any atom is -0.339 e. The molecule has 1 unspecified atom stereocenters. The van der Waals surface area contributed by atoms with Gasteiger partial charge < -0.3 is 9.84 Å². The van der Waals surface area contributed by atoms with Gasteiger partial charge in [0.05, 0.1) is 0 Å². The van der Waals surface area contributed by atoms with Crippen LogP contribution in [0.1, 0.15) is 63.1 Å². The van der Waals surface area contributed by atoms with Crippen molar-refractivity contribution in [2.45, 2.75) is 56.8 Å². The van der Waals surface area contributed by atoms with Crippen molar-refractivity contribution in [3.63, 3.8) is 0 Å². The van der Waals surface area contributed by atoms with Crippen molar-refractivity contribution in [2.24, 2.45) is 23.7 Å². The highest BCUT2D eigenvalue weighted by Crippen LogP contribution is 2.60. The molecule has 4 bridgehead atoms. The minimum absolute atomic E-state index is 0.272. The zero-order chi connectivity index (χ0) is 14.0. The summed E-state index contributed by atoms with van der Waals surface area (Å²) in [4.78, 5) is 4.90. The molecule has 1 aromatic heterocycles. The predicted molar refractivity (Wildman–Crippen MR) is 78.9 cm³/mol. The smallest absolute Gasteiger partial charge is 0.229 e. The van der Waals surface area contributed by atoms with Crippen LogP contribution < -0.4 is 5.32 Å². The first-order valence-electron chi connectivity index (χ1n) is 8.77. The number of nitrogens with zero attached hydrogens (tertiary/aromatic N) is 2. The fourth-order valence-electron chi connectivity index (χ4n) is 5.89. The summed E-state index contributed by atoms with van der Waals surface area (Å²) in [5, 5.41) is 7.80. The van der Waals surface area contributed by atoms with Crippen molar-refractivity contribution < 1.29 is 4.52 Å². The Morgan fingerprint density at radius 2 is 1.71 bits per heavy atom. The molecule has 114 valence electrons. The molecule has 21 heavy (non-hydrogen) atoms. The van der Waals surface area contributed by atoms with Gasteiger partial charge in [-0.25, -0.2) is 0 Å². The molecule has 0 amide bonds. The van der Waals surface area contributed by atoms with Gasteiger partial charge in [0.25, 0.3) is 0 Å². The molecule has 4 aliphatic carbocycles. The maximum atomic E-state index is 5.68. The fourth-order valence-corrected chi connectivity index (χ4v) is 5.89. The Morgan fingerprint density at radius 3 is 2.24 bits per heavy atom. The topological polar surface area (TPSA) is 51.0 Å². The number of nitrogens with one attached hydrogen (secondary N) is 1. The Labute approximate surface area is 126 Å². The van der Waals surface area contributed by atoms with Crippen LogP contribution in [0.2, 0.25) is 0 Å². The van der Waals surface area contributed by atoms with E-state index in [-0.39, 0.29) is 5.41 Å². The van der Waals surface area contributed by atoms with E-state index in [4.69, 9.17) is 9.51 Å². The van der Waals surface area contributed by atoms with Crippen LogP contribution in [0, 0.1) is 23.7 Å². The van der Waals surface area contributed by atoms with Gasteiger partial charge in [0.2, 0.25) is 5.89 Å². The third-order valence-electron chi connectivity index (χ3n) is 6.86. The lowest BCUT2D eigenvalue weighted by atomic mass is 9.49. The van der Waals surface area contributed by atoms with Gasteiger partial charge in [-0.15, -0.1) is 0 Å². The first-order valence-corrected chi connectivity index (χ1v) is 8.77. The molecule has 4 saturated carbocycles. The molecular weight excluding hydrogens is 262 g/mol. The summed E-state index contributed by atoms with van der Waals surface area (Å²) in [6.07, 6.45) is 8.35. The Morgan fingerprint density at radius 1 is 1.10 bits per heavy atom.